The van der Waals surface area contributed by atoms with Crippen LogP contribution in [0.4, 0.5) is 23.4 Å². The topological polar surface area (TPSA) is 77.1 Å². The van der Waals surface area contributed by atoms with Gasteiger partial charge in [-0.3, -0.25) is 9.48 Å². The molecule has 4 aromatic rings. The van der Waals surface area contributed by atoms with Crippen LogP contribution in [-0.4, -0.2) is 30.3 Å². The van der Waals surface area contributed by atoms with Crippen LogP contribution >= 0.6 is 27.5 Å². The van der Waals surface area contributed by atoms with Gasteiger partial charge in [-0.1, -0.05) is 17.7 Å². The monoisotopic (exact) mass is 556 g/mol. The number of amides is 1. The molecule has 1 aliphatic rings. The second-order valence-corrected chi connectivity index (χ2v) is 9.08. The van der Waals surface area contributed by atoms with E-state index in [1.807, 2.05) is 0 Å². The Balaban J connectivity index is 1.42. The van der Waals surface area contributed by atoms with E-state index in [-0.39, 0.29) is 40.2 Å². The summed E-state index contributed by atoms with van der Waals surface area (Å²) >= 11 is 9.31. The Morgan fingerprint density at radius 3 is 2.68 bits per heavy atom. The second-order valence-electron chi connectivity index (χ2n) is 7.82. The number of nitrogens with one attached hydrogen (secondary N) is 1. The molecular weight excluding hydrogens is 544 g/mol. The molecule has 0 unspecified atom stereocenters. The predicted molar refractivity (Wildman–Crippen MR) is 118 cm³/mol. The van der Waals surface area contributed by atoms with Gasteiger partial charge in [-0.2, -0.15) is 23.4 Å². The van der Waals surface area contributed by atoms with E-state index in [1.165, 1.54) is 29.1 Å². The number of carbonyl (C=O) groups is 1. The third-order valence-electron chi connectivity index (χ3n) is 5.30. The Hall–Kier alpha value is -2.99. The molecule has 1 fully saturated rings. The molecule has 176 valence electrons. The van der Waals surface area contributed by atoms with Crippen molar-refractivity contribution >= 4 is 44.9 Å². The Labute approximate surface area is 202 Å². The molecule has 1 N–H and O–H groups in total. The van der Waals surface area contributed by atoms with E-state index >= 15 is 0 Å². The van der Waals surface area contributed by atoms with E-state index < -0.39 is 23.6 Å². The quantitative estimate of drug-likeness (QED) is 0.321. The van der Waals surface area contributed by atoms with Gasteiger partial charge in [0.05, 0.1) is 11.0 Å². The third-order valence-corrected chi connectivity index (χ3v) is 6.23. The number of carbonyl (C=O) groups excluding carboxylic acids is 1. The van der Waals surface area contributed by atoms with Gasteiger partial charge in [-0.05, 0) is 47.0 Å². The Bertz CT molecular complexity index is 1410. The average molecular weight is 558 g/mol. The summed E-state index contributed by atoms with van der Waals surface area (Å²) in [7, 11) is 0. The number of alkyl halides is 3. The van der Waals surface area contributed by atoms with Crippen LogP contribution < -0.4 is 5.32 Å². The van der Waals surface area contributed by atoms with Crippen molar-refractivity contribution < 1.29 is 22.4 Å². The molecule has 5 rings (SSSR count). The van der Waals surface area contributed by atoms with Crippen LogP contribution in [0.25, 0.3) is 5.65 Å². The standard InChI is InChI=1S/C21H14BrClF4N6O/c22-12-9-32(8-11-13(23)2-1-3-14(11)24)31-19(12)29-20(34)16-7-18-28-15(10-4-5-10)6-17(21(25,26)27)33(18)30-16/h1-3,6-7,9-10H,4-5,8H2,(H,29,31,34). The zero-order valence-electron chi connectivity index (χ0n) is 17.1. The number of anilines is 1. The maximum atomic E-state index is 14.1. The number of halogens is 6. The molecule has 1 saturated carbocycles. The zero-order chi connectivity index (χ0) is 24.2. The second kappa shape index (κ2) is 8.35. The Morgan fingerprint density at radius 1 is 1.24 bits per heavy atom. The number of hydrogen-bond donors (Lipinski definition) is 1. The van der Waals surface area contributed by atoms with Crippen LogP contribution in [0.1, 0.15) is 46.2 Å². The number of benzene rings is 1. The number of aromatic nitrogens is 5. The van der Waals surface area contributed by atoms with E-state index in [2.05, 4.69) is 36.4 Å². The van der Waals surface area contributed by atoms with Crippen molar-refractivity contribution in [1.29, 1.82) is 0 Å². The van der Waals surface area contributed by atoms with Crippen molar-refractivity contribution in [3.8, 4) is 0 Å². The van der Waals surface area contributed by atoms with Gasteiger partial charge < -0.3 is 5.32 Å². The van der Waals surface area contributed by atoms with Crippen molar-refractivity contribution in [2.45, 2.75) is 31.5 Å². The highest BCUT2D eigenvalue weighted by atomic mass is 79.9. The minimum absolute atomic E-state index is 0.00283. The summed E-state index contributed by atoms with van der Waals surface area (Å²) in [5.41, 5.74) is -0.773. The van der Waals surface area contributed by atoms with E-state index in [4.69, 9.17) is 11.6 Å². The molecule has 3 aromatic heterocycles. The number of nitrogens with zero attached hydrogens (tertiary/aromatic N) is 5. The SMILES string of the molecule is O=C(Nc1nn(Cc2c(F)cccc2Cl)cc1Br)c1cc2nc(C3CC3)cc(C(F)(F)F)n2n1. The average Bonchev–Trinajstić information content (AvgIpc) is 3.43. The summed E-state index contributed by atoms with van der Waals surface area (Å²) in [6, 6.07) is 6.46. The van der Waals surface area contributed by atoms with E-state index in [0.717, 1.165) is 18.9 Å². The summed E-state index contributed by atoms with van der Waals surface area (Å²) in [5.74, 6) is -1.22. The van der Waals surface area contributed by atoms with Crippen LogP contribution in [0, 0.1) is 5.82 Å². The first-order valence-corrected chi connectivity index (χ1v) is 11.2. The van der Waals surface area contributed by atoms with Crippen LogP contribution in [0.3, 0.4) is 0 Å². The van der Waals surface area contributed by atoms with Gasteiger partial charge in [0.25, 0.3) is 5.91 Å². The largest absolute Gasteiger partial charge is 0.433 e. The first kappa shape index (κ1) is 22.8. The molecule has 0 atom stereocenters. The minimum Gasteiger partial charge on any atom is -0.303 e. The van der Waals surface area contributed by atoms with Gasteiger partial charge in [0, 0.05) is 34.5 Å². The minimum atomic E-state index is -4.67. The molecule has 1 aliphatic carbocycles. The maximum Gasteiger partial charge on any atom is 0.433 e. The summed E-state index contributed by atoms with van der Waals surface area (Å²) < 4.78 is 57.2. The number of rotatable bonds is 5. The highest BCUT2D eigenvalue weighted by Gasteiger charge is 2.37. The molecule has 0 radical (unpaired) electrons. The van der Waals surface area contributed by atoms with Gasteiger partial charge in [0.2, 0.25) is 0 Å². The first-order chi connectivity index (χ1) is 16.1. The van der Waals surface area contributed by atoms with Crippen LogP contribution in [0.15, 0.2) is 41.0 Å². The van der Waals surface area contributed by atoms with Crippen molar-refractivity contribution in [2.24, 2.45) is 0 Å². The fourth-order valence-electron chi connectivity index (χ4n) is 3.47. The molecule has 1 aromatic carbocycles. The highest BCUT2D eigenvalue weighted by molar-refractivity contribution is 9.10. The van der Waals surface area contributed by atoms with Crippen LogP contribution in [-0.2, 0) is 12.7 Å². The first-order valence-electron chi connectivity index (χ1n) is 10.1. The van der Waals surface area contributed by atoms with Gasteiger partial charge in [-0.15, -0.1) is 0 Å². The Kier molecular flexibility index (Phi) is 5.59. The summed E-state index contributed by atoms with van der Waals surface area (Å²) in [6.45, 7) is -0.00283. The van der Waals surface area contributed by atoms with Gasteiger partial charge in [0.1, 0.15) is 11.5 Å². The predicted octanol–water partition coefficient (Wildman–Crippen LogP) is 5.68. The summed E-state index contributed by atoms with van der Waals surface area (Å²) in [5, 5.41) is 10.7. The molecule has 3 heterocycles. The van der Waals surface area contributed by atoms with Crippen LogP contribution in [0.5, 0.6) is 0 Å². The Morgan fingerprint density at radius 2 is 2.00 bits per heavy atom. The molecular formula is C21H14BrClF4N6O. The van der Waals surface area contributed by atoms with Crippen molar-refractivity contribution in [2.75, 3.05) is 5.32 Å². The normalized spacial score (nSPS) is 14.1. The molecule has 0 saturated heterocycles. The third kappa shape index (κ3) is 4.39. The lowest BCUT2D eigenvalue weighted by molar-refractivity contribution is -0.142. The van der Waals surface area contributed by atoms with Gasteiger partial charge >= 0.3 is 6.18 Å². The summed E-state index contributed by atoms with van der Waals surface area (Å²) in [4.78, 5) is 17.0. The van der Waals surface area contributed by atoms with E-state index in [1.54, 1.807) is 6.07 Å². The molecule has 1 amide bonds. The number of hydrogen-bond acceptors (Lipinski definition) is 4. The molecule has 7 nitrogen and oxygen atoms in total. The fraction of sp³-hybridized carbons (Fsp3) is 0.238. The summed E-state index contributed by atoms with van der Waals surface area (Å²) in [6.07, 6.45) is -1.61. The molecule has 34 heavy (non-hydrogen) atoms. The molecule has 0 aliphatic heterocycles. The van der Waals surface area contributed by atoms with E-state index in [9.17, 15) is 22.4 Å². The zero-order valence-corrected chi connectivity index (χ0v) is 19.4. The van der Waals surface area contributed by atoms with Crippen LogP contribution in [0.2, 0.25) is 5.02 Å². The van der Waals surface area contributed by atoms with Crippen molar-refractivity contribution in [3.63, 3.8) is 0 Å². The smallest absolute Gasteiger partial charge is 0.303 e. The molecule has 0 bridgehead atoms. The van der Waals surface area contributed by atoms with Crippen molar-refractivity contribution in [3.05, 3.63) is 74.5 Å². The maximum absolute atomic E-state index is 14.1. The lowest BCUT2D eigenvalue weighted by atomic mass is 10.2. The lowest BCUT2D eigenvalue weighted by Crippen LogP contribution is -2.16. The lowest BCUT2D eigenvalue weighted by Gasteiger charge is -2.10. The van der Waals surface area contributed by atoms with Gasteiger partial charge in [-0.25, -0.2) is 13.9 Å². The number of fused-ring (bicyclic) bond motifs is 1. The molecule has 13 heteroatoms. The highest BCUT2D eigenvalue weighted by Crippen LogP contribution is 2.41. The fourth-order valence-corrected chi connectivity index (χ4v) is 4.11. The van der Waals surface area contributed by atoms with Gasteiger partial charge in [0.15, 0.2) is 17.2 Å². The van der Waals surface area contributed by atoms with Crippen molar-refractivity contribution in [1.82, 2.24) is 24.4 Å². The molecule has 0 spiro atoms. The van der Waals surface area contributed by atoms with E-state index in [0.29, 0.717) is 14.7 Å².